The normalized spacial score (nSPS) is 11.9. The smallest absolute Gasteiger partial charge is 0.419 e. The van der Waals surface area contributed by atoms with Gasteiger partial charge in [-0.3, -0.25) is 0 Å². The Kier molecular flexibility index (Phi) is 5.82. The van der Waals surface area contributed by atoms with Crippen LogP contribution in [0.2, 0.25) is 0 Å². The first-order valence-corrected chi connectivity index (χ1v) is 10.3. The summed E-state index contributed by atoms with van der Waals surface area (Å²) in [6, 6.07) is 13.6. The highest BCUT2D eigenvalue weighted by molar-refractivity contribution is 7.22. The highest BCUT2D eigenvalue weighted by atomic mass is 32.1. The number of hydrogen-bond acceptors (Lipinski definition) is 4. The second kappa shape index (κ2) is 8.59. The van der Waals surface area contributed by atoms with E-state index in [1.54, 1.807) is 12.1 Å². The van der Waals surface area contributed by atoms with Gasteiger partial charge in [0.15, 0.2) is 5.75 Å². The first-order chi connectivity index (χ1) is 15.6. The molecule has 0 amide bonds. The molecule has 0 atom stereocenters. The number of alkyl halides is 3. The summed E-state index contributed by atoms with van der Waals surface area (Å²) in [4.78, 5) is 10.7. The van der Waals surface area contributed by atoms with Crippen molar-refractivity contribution in [2.24, 2.45) is 0 Å². The molecule has 0 saturated carbocycles. The lowest BCUT2D eigenvalue weighted by Gasteiger charge is -2.14. The number of rotatable bonds is 5. The van der Waals surface area contributed by atoms with E-state index in [-0.39, 0.29) is 27.7 Å². The van der Waals surface area contributed by atoms with Crippen molar-refractivity contribution in [1.29, 1.82) is 0 Å². The average Bonchev–Trinajstić information content (AvgIpc) is 3.09. The molecule has 0 saturated heterocycles. The molecule has 4 rings (SSSR count). The van der Waals surface area contributed by atoms with Gasteiger partial charge in [0.1, 0.15) is 17.3 Å². The molecule has 4 aromatic rings. The molecule has 0 aliphatic heterocycles. The minimum absolute atomic E-state index is 0.0530. The third-order valence-corrected chi connectivity index (χ3v) is 5.86. The number of halogens is 4. The van der Waals surface area contributed by atoms with E-state index in [0.717, 1.165) is 23.5 Å². The van der Waals surface area contributed by atoms with Crippen molar-refractivity contribution in [2.75, 3.05) is 0 Å². The van der Waals surface area contributed by atoms with Crippen molar-refractivity contribution in [3.8, 4) is 27.7 Å². The van der Waals surface area contributed by atoms with Gasteiger partial charge in [-0.2, -0.15) is 13.2 Å². The number of phenols is 1. The largest absolute Gasteiger partial charge is 0.508 e. The number of ether oxygens (including phenoxy) is 1. The molecule has 2 N–H and O–H groups in total. The Bertz CT molecular complexity index is 1370. The molecule has 0 spiro atoms. The number of hydrogen-bond donors (Lipinski definition) is 2. The van der Waals surface area contributed by atoms with E-state index in [1.807, 2.05) is 0 Å². The SMILES string of the molecule is O=C(O)C=Cc1ccc(Oc2c(-c3cccc(F)c3C(F)(F)F)sc3cc(O)ccc23)cc1. The first kappa shape index (κ1) is 22.3. The number of carboxylic acids is 1. The Morgan fingerprint density at radius 2 is 1.76 bits per heavy atom. The van der Waals surface area contributed by atoms with E-state index in [2.05, 4.69) is 0 Å². The van der Waals surface area contributed by atoms with Gasteiger partial charge in [-0.15, -0.1) is 11.3 Å². The molecule has 0 radical (unpaired) electrons. The Morgan fingerprint density at radius 1 is 1.03 bits per heavy atom. The zero-order valence-corrected chi connectivity index (χ0v) is 17.4. The van der Waals surface area contributed by atoms with Crippen molar-refractivity contribution in [3.63, 3.8) is 0 Å². The van der Waals surface area contributed by atoms with Gasteiger partial charge in [0.25, 0.3) is 0 Å². The maximum Gasteiger partial charge on any atom is 0.419 e. The lowest BCUT2D eigenvalue weighted by atomic mass is 10.0. The minimum Gasteiger partial charge on any atom is -0.508 e. The number of fused-ring (bicyclic) bond motifs is 1. The molecule has 0 aliphatic carbocycles. The van der Waals surface area contributed by atoms with Crippen LogP contribution in [0.3, 0.4) is 0 Å². The van der Waals surface area contributed by atoms with Gasteiger partial charge in [0, 0.05) is 21.7 Å². The fourth-order valence-electron chi connectivity index (χ4n) is 3.27. The number of phenolic OH excluding ortho intramolecular Hbond substituents is 1. The molecule has 1 aromatic heterocycles. The van der Waals surface area contributed by atoms with E-state index in [9.17, 15) is 27.5 Å². The Hall–Kier alpha value is -3.85. The second-order valence-corrected chi connectivity index (χ2v) is 8.00. The highest BCUT2D eigenvalue weighted by Crippen LogP contribution is 2.50. The fraction of sp³-hybridized carbons (Fsp3) is 0.0417. The standard InChI is InChI=1S/C24H14F4O4S/c25-18-3-1-2-17(21(18)24(26,27)28)23-22(16-10-7-14(29)12-19(16)33-23)32-15-8-4-13(5-9-15)6-11-20(30)31/h1-12,29H,(H,30,31). The molecule has 4 nitrogen and oxygen atoms in total. The number of thiophene rings is 1. The fourth-order valence-corrected chi connectivity index (χ4v) is 4.47. The van der Waals surface area contributed by atoms with Crippen molar-refractivity contribution >= 4 is 33.5 Å². The van der Waals surface area contributed by atoms with Gasteiger partial charge in [0.2, 0.25) is 0 Å². The van der Waals surface area contributed by atoms with Crippen molar-refractivity contribution in [2.45, 2.75) is 6.18 Å². The van der Waals surface area contributed by atoms with Crippen molar-refractivity contribution in [1.82, 2.24) is 0 Å². The molecule has 1 heterocycles. The molecule has 0 fully saturated rings. The lowest BCUT2D eigenvalue weighted by Crippen LogP contribution is -2.10. The Morgan fingerprint density at radius 3 is 2.42 bits per heavy atom. The summed E-state index contributed by atoms with van der Waals surface area (Å²) in [6.07, 6.45) is -2.59. The van der Waals surface area contributed by atoms with Crippen molar-refractivity contribution in [3.05, 3.63) is 83.7 Å². The molecule has 3 aromatic carbocycles. The summed E-state index contributed by atoms with van der Waals surface area (Å²) in [5.41, 5.74) is -1.20. The van der Waals surface area contributed by atoms with E-state index >= 15 is 0 Å². The number of carbonyl (C=O) groups is 1. The molecule has 9 heteroatoms. The van der Waals surface area contributed by atoms with Gasteiger partial charge in [0.05, 0.1) is 10.4 Å². The number of aliphatic carboxylic acids is 1. The Labute approximate surface area is 188 Å². The van der Waals surface area contributed by atoms with Crippen LogP contribution in [0.5, 0.6) is 17.2 Å². The van der Waals surface area contributed by atoms with E-state index in [0.29, 0.717) is 15.6 Å². The second-order valence-electron chi connectivity index (χ2n) is 6.94. The summed E-state index contributed by atoms with van der Waals surface area (Å²) in [7, 11) is 0. The predicted octanol–water partition coefficient (Wildman–Crippen LogP) is 7.32. The van der Waals surface area contributed by atoms with E-state index < -0.39 is 23.5 Å². The maximum atomic E-state index is 14.2. The zero-order valence-electron chi connectivity index (χ0n) is 16.6. The molecule has 0 bridgehead atoms. The average molecular weight is 474 g/mol. The van der Waals surface area contributed by atoms with Crippen LogP contribution in [0.1, 0.15) is 11.1 Å². The highest BCUT2D eigenvalue weighted by Gasteiger charge is 2.38. The summed E-state index contributed by atoms with van der Waals surface area (Å²) in [6.45, 7) is 0. The molecule has 0 aliphatic rings. The van der Waals surface area contributed by atoms with Crippen LogP contribution in [0.15, 0.2) is 66.7 Å². The molecular weight excluding hydrogens is 460 g/mol. The maximum absolute atomic E-state index is 14.2. The summed E-state index contributed by atoms with van der Waals surface area (Å²) >= 11 is 0.936. The quantitative estimate of drug-likeness (QED) is 0.235. The molecule has 168 valence electrons. The molecular formula is C24H14F4O4S. The topological polar surface area (TPSA) is 66.8 Å². The van der Waals surface area contributed by atoms with Crippen LogP contribution < -0.4 is 4.74 Å². The van der Waals surface area contributed by atoms with Gasteiger partial charge in [-0.25, -0.2) is 9.18 Å². The number of carboxylic acid groups (broad SMARTS) is 1. The van der Waals surface area contributed by atoms with Gasteiger partial charge in [-0.05, 0) is 48.0 Å². The minimum atomic E-state index is -4.94. The van der Waals surface area contributed by atoms with Crippen LogP contribution in [0.25, 0.3) is 26.6 Å². The van der Waals surface area contributed by atoms with Crippen LogP contribution in [-0.2, 0) is 11.0 Å². The van der Waals surface area contributed by atoms with Crippen molar-refractivity contribution < 1.29 is 37.3 Å². The summed E-state index contributed by atoms with van der Waals surface area (Å²) in [5.74, 6) is -2.22. The zero-order chi connectivity index (χ0) is 23.8. The van der Waals surface area contributed by atoms with Crippen LogP contribution >= 0.6 is 11.3 Å². The van der Waals surface area contributed by atoms with Gasteiger partial charge in [-0.1, -0.05) is 24.3 Å². The summed E-state index contributed by atoms with van der Waals surface area (Å²) in [5, 5.41) is 19.0. The molecule has 0 unspecified atom stereocenters. The predicted molar refractivity (Wildman–Crippen MR) is 117 cm³/mol. The van der Waals surface area contributed by atoms with Crippen LogP contribution in [-0.4, -0.2) is 16.2 Å². The third kappa shape index (κ3) is 4.68. The first-order valence-electron chi connectivity index (χ1n) is 9.44. The summed E-state index contributed by atoms with van der Waals surface area (Å²) < 4.78 is 61.7. The lowest BCUT2D eigenvalue weighted by molar-refractivity contribution is -0.139. The number of aromatic hydroxyl groups is 1. The number of benzene rings is 3. The molecule has 33 heavy (non-hydrogen) atoms. The Balaban J connectivity index is 1.85. The van der Waals surface area contributed by atoms with E-state index in [1.165, 1.54) is 48.5 Å². The van der Waals surface area contributed by atoms with Gasteiger partial charge >= 0.3 is 12.1 Å². The van der Waals surface area contributed by atoms with Gasteiger partial charge < -0.3 is 14.9 Å². The van der Waals surface area contributed by atoms with Crippen LogP contribution in [0.4, 0.5) is 17.6 Å². The van der Waals surface area contributed by atoms with Crippen LogP contribution in [0, 0.1) is 5.82 Å². The third-order valence-electron chi connectivity index (χ3n) is 4.69. The van der Waals surface area contributed by atoms with E-state index in [4.69, 9.17) is 9.84 Å². The monoisotopic (exact) mass is 474 g/mol.